The van der Waals surface area contributed by atoms with Crippen LogP contribution in [0.4, 0.5) is 0 Å². The number of hydrogen-bond donors (Lipinski definition) is 1. The second-order valence-electron chi connectivity index (χ2n) is 4.73. The minimum absolute atomic E-state index is 0.0370. The Morgan fingerprint density at radius 1 is 1.30 bits per heavy atom. The van der Waals surface area contributed by atoms with Crippen LogP contribution in [0, 0.1) is 0 Å². The molecule has 0 spiro atoms. The van der Waals surface area contributed by atoms with Gasteiger partial charge in [-0.2, -0.15) is 0 Å². The predicted octanol–water partition coefficient (Wildman–Crippen LogP) is 2.36. The highest BCUT2D eigenvalue weighted by Gasteiger charge is 2.29. The van der Waals surface area contributed by atoms with E-state index in [1.54, 1.807) is 0 Å². The molecule has 2 aromatic rings. The van der Waals surface area contributed by atoms with Crippen molar-refractivity contribution in [3.8, 4) is 0 Å². The summed E-state index contributed by atoms with van der Waals surface area (Å²) in [5, 5.41) is 11.2. The largest absolute Gasteiger partial charge is 0.416 e. The van der Waals surface area contributed by atoms with Crippen molar-refractivity contribution in [1.29, 1.82) is 0 Å². The maximum absolute atomic E-state index is 11.7. The standard InChI is InChI=1S/C14H15N3O2S/c18-12(15-8-10-4-2-1-3-5-10)9-20-14-17-16-13(19-14)11-6-7-11/h1-5,11H,6-9H2,(H,15,18). The molecule has 1 N–H and O–H groups in total. The third kappa shape index (κ3) is 3.60. The number of hydrogen-bond acceptors (Lipinski definition) is 5. The molecule has 0 atom stereocenters. The lowest BCUT2D eigenvalue weighted by Gasteiger charge is -2.03. The summed E-state index contributed by atoms with van der Waals surface area (Å²) >= 11 is 1.28. The summed E-state index contributed by atoms with van der Waals surface area (Å²) in [7, 11) is 0. The Bertz CT molecular complexity index is 581. The molecule has 20 heavy (non-hydrogen) atoms. The average Bonchev–Trinajstić information content (AvgIpc) is 3.23. The van der Waals surface area contributed by atoms with Gasteiger partial charge in [-0.1, -0.05) is 42.1 Å². The molecule has 0 aliphatic heterocycles. The molecule has 1 heterocycles. The zero-order chi connectivity index (χ0) is 13.8. The number of nitrogens with zero attached hydrogens (tertiary/aromatic N) is 2. The smallest absolute Gasteiger partial charge is 0.277 e. The van der Waals surface area contributed by atoms with Gasteiger partial charge in [0.2, 0.25) is 11.8 Å². The molecule has 1 saturated carbocycles. The van der Waals surface area contributed by atoms with Crippen molar-refractivity contribution in [2.75, 3.05) is 5.75 Å². The van der Waals surface area contributed by atoms with Gasteiger partial charge in [-0.25, -0.2) is 0 Å². The molecule has 0 radical (unpaired) electrons. The van der Waals surface area contributed by atoms with E-state index in [-0.39, 0.29) is 5.91 Å². The number of carbonyl (C=O) groups excluding carboxylic acids is 1. The summed E-state index contributed by atoms with van der Waals surface area (Å²) in [6.45, 7) is 0.539. The zero-order valence-corrected chi connectivity index (χ0v) is 11.7. The van der Waals surface area contributed by atoms with Crippen LogP contribution in [0.25, 0.3) is 0 Å². The Labute approximate surface area is 121 Å². The third-order valence-electron chi connectivity index (χ3n) is 3.01. The van der Waals surface area contributed by atoms with Crippen LogP contribution in [-0.4, -0.2) is 21.9 Å². The van der Waals surface area contributed by atoms with Crippen molar-refractivity contribution in [2.45, 2.75) is 30.5 Å². The molecular formula is C14H15N3O2S. The molecule has 1 fully saturated rings. The van der Waals surface area contributed by atoms with Gasteiger partial charge < -0.3 is 9.73 Å². The van der Waals surface area contributed by atoms with Crippen molar-refractivity contribution in [2.24, 2.45) is 0 Å². The lowest BCUT2D eigenvalue weighted by Crippen LogP contribution is -2.24. The number of benzene rings is 1. The summed E-state index contributed by atoms with van der Waals surface area (Å²) in [5.74, 6) is 1.41. The number of carbonyl (C=O) groups is 1. The maximum Gasteiger partial charge on any atom is 0.277 e. The maximum atomic E-state index is 11.7. The monoisotopic (exact) mass is 289 g/mol. The minimum Gasteiger partial charge on any atom is -0.416 e. The van der Waals surface area contributed by atoms with E-state index in [4.69, 9.17) is 4.42 Å². The molecule has 1 aromatic carbocycles. The quantitative estimate of drug-likeness (QED) is 0.827. The SMILES string of the molecule is O=C(CSc1nnc(C2CC2)o1)NCc1ccccc1. The normalized spacial score (nSPS) is 14.2. The van der Waals surface area contributed by atoms with Gasteiger partial charge in [-0.3, -0.25) is 4.79 Å². The van der Waals surface area contributed by atoms with Crippen LogP contribution in [0.15, 0.2) is 40.0 Å². The van der Waals surface area contributed by atoms with E-state index in [9.17, 15) is 4.79 Å². The van der Waals surface area contributed by atoms with Gasteiger partial charge in [-0.15, -0.1) is 10.2 Å². The van der Waals surface area contributed by atoms with Crippen LogP contribution < -0.4 is 5.32 Å². The molecule has 1 aliphatic carbocycles. The Morgan fingerprint density at radius 2 is 2.10 bits per heavy atom. The number of thioether (sulfide) groups is 1. The lowest BCUT2D eigenvalue weighted by molar-refractivity contribution is -0.118. The van der Waals surface area contributed by atoms with Crippen LogP contribution in [0.5, 0.6) is 0 Å². The Morgan fingerprint density at radius 3 is 2.85 bits per heavy atom. The van der Waals surface area contributed by atoms with E-state index < -0.39 is 0 Å². The van der Waals surface area contributed by atoms with Gasteiger partial charge in [0.1, 0.15) is 0 Å². The van der Waals surface area contributed by atoms with Gasteiger partial charge in [0, 0.05) is 12.5 Å². The fraction of sp³-hybridized carbons (Fsp3) is 0.357. The van der Waals surface area contributed by atoms with Crippen LogP contribution in [0.1, 0.15) is 30.2 Å². The second kappa shape index (κ2) is 6.09. The first-order chi connectivity index (χ1) is 9.81. The van der Waals surface area contributed by atoms with Crippen LogP contribution >= 0.6 is 11.8 Å². The molecule has 0 bridgehead atoms. The zero-order valence-electron chi connectivity index (χ0n) is 10.9. The van der Waals surface area contributed by atoms with E-state index in [0.29, 0.717) is 29.3 Å². The summed E-state index contributed by atoms with van der Waals surface area (Å²) in [6, 6.07) is 9.82. The van der Waals surface area contributed by atoms with Crippen molar-refractivity contribution < 1.29 is 9.21 Å². The Kier molecular flexibility index (Phi) is 4.01. The summed E-state index contributed by atoms with van der Waals surface area (Å²) < 4.78 is 5.48. The van der Waals surface area contributed by atoms with Gasteiger partial charge in [0.25, 0.3) is 5.22 Å². The molecule has 104 valence electrons. The van der Waals surface area contributed by atoms with Gasteiger partial charge in [0.15, 0.2) is 0 Å². The van der Waals surface area contributed by atoms with Crippen LogP contribution in [0.3, 0.4) is 0 Å². The number of nitrogens with one attached hydrogen (secondary N) is 1. The predicted molar refractivity (Wildman–Crippen MR) is 75.3 cm³/mol. The first-order valence-corrected chi connectivity index (χ1v) is 7.56. The van der Waals surface area contributed by atoms with Crippen LogP contribution in [-0.2, 0) is 11.3 Å². The van der Waals surface area contributed by atoms with E-state index in [2.05, 4.69) is 15.5 Å². The lowest BCUT2D eigenvalue weighted by atomic mass is 10.2. The Balaban J connectivity index is 1.42. The molecule has 1 aliphatic rings. The molecule has 0 saturated heterocycles. The van der Waals surface area contributed by atoms with Crippen LogP contribution in [0.2, 0.25) is 0 Å². The molecule has 3 rings (SSSR count). The number of aromatic nitrogens is 2. The average molecular weight is 289 g/mol. The fourth-order valence-corrected chi connectivity index (χ4v) is 2.35. The second-order valence-corrected chi connectivity index (χ2v) is 5.66. The first-order valence-electron chi connectivity index (χ1n) is 6.58. The van der Waals surface area contributed by atoms with Crippen molar-refractivity contribution in [3.05, 3.63) is 41.8 Å². The molecule has 6 heteroatoms. The highest BCUT2D eigenvalue weighted by molar-refractivity contribution is 7.99. The molecule has 0 unspecified atom stereocenters. The number of amides is 1. The highest BCUT2D eigenvalue weighted by Crippen LogP contribution is 2.39. The third-order valence-corrected chi connectivity index (χ3v) is 3.83. The Hall–Kier alpha value is -1.82. The van der Waals surface area contributed by atoms with E-state index in [1.807, 2.05) is 30.3 Å². The molecular weight excluding hydrogens is 274 g/mol. The summed E-state index contributed by atoms with van der Waals surface area (Å²) in [6.07, 6.45) is 2.26. The van der Waals surface area contributed by atoms with E-state index in [1.165, 1.54) is 11.8 Å². The van der Waals surface area contributed by atoms with Gasteiger partial charge >= 0.3 is 0 Å². The highest BCUT2D eigenvalue weighted by atomic mass is 32.2. The van der Waals surface area contributed by atoms with Crippen molar-refractivity contribution in [3.63, 3.8) is 0 Å². The van der Waals surface area contributed by atoms with E-state index in [0.717, 1.165) is 18.4 Å². The van der Waals surface area contributed by atoms with Gasteiger partial charge in [-0.05, 0) is 18.4 Å². The molecule has 1 amide bonds. The van der Waals surface area contributed by atoms with Gasteiger partial charge in [0.05, 0.1) is 5.75 Å². The van der Waals surface area contributed by atoms with Crippen molar-refractivity contribution >= 4 is 17.7 Å². The molecule has 1 aromatic heterocycles. The number of rotatable bonds is 6. The fourth-order valence-electron chi connectivity index (χ4n) is 1.75. The van der Waals surface area contributed by atoms with Crippen molar-refractivity contribution in [1.82, 2.24) is 15.5 Å². The molecule has 5 nitrogen and oxygen atoms in total. The topological polar surface area (TPSA) is 68.0 Å². The first kappa shape index (κ1) is 13.2. The summed E-state index contributed by atoms with van der Waals surface area (Å²) in [4.78, 5) is 11.7. The minimum atomic E-state index is -0.0370. The summed E-state index contributed by atoms with van der Waals surface area (Å²) in [5.41, 5.74) is 1.08. The van der Waals surface area contributed by atoms with E-state index >= 15 is 0 Å².